The van der Waals surface area contributed by atoms with Gasteiger partial charge in [0.15, 0.2) is 0 Å². The van der Waals surface area contributed by atoms with Gasteiger partial charge in [-0.2, -0.15) is 0 Å². The van der Waals surface area contributed by atoms with Crippen molar-refractivity contribution in [1.82, 2.24) is 4.90 Å². The van der Waals surface area contributed by atoms with Gasteiger partial charge in [0.25, 0.3) is 0 Å². The summed E-state index contributed by atoms with van der Waals surface area (Å²) in [6.45, 7) is 6.54. The van der Waals surface area contributed by atoms with E-state index in [2.05, 4.69) is 18.7 Å². The molecule has 1 aliphatic heterocycles. The number of piperidine rings is 1. The maximum absolute atomic E-state index is 7.77. The summed E-state index contributed by atoms with van der Waals surface area (Å²) in [5.74, 6) is 2.00. The van der Waals surface area contributed by atoms with E-state index in [1.54, 1.807) is 6.08 Å². The maximum Gasteiger partial charge on any atom is 0.122 e. The second-order valence-electron chi connectivity index (χ2n) is 4.34. The predicted molar refractivity (Wildman–Crippen MR) is 60.2 cm³/mol. The number of nitrogens with zero attached hydrogens (tertiary/aromatic N) is 1. The van der Waals surface area contributed by atoms with Crippen molar-refractivity contribution < 1.29 is 0 Å². The number of hydrogen-bond donors (Lipinski definition) is 2. The van der Waals surface area contributed by atoms with Gasteiger partial charge in [0.2, 0.25) is 0 Å². The fourth-order valence-corrected chi connectivity index (χ4v) is 1.97. The minimum atomic E-state index is 0.554. The standard InChI is InChI=1S/C11H21N3/c1-9(2)10-4-3-7-14(8-10)11(13)5-6-12/h5-6,9-10,13H,3-4,7-8,12H2,1-2H3/b6-5-,13-11?. The Bertz CT molecular complexity index is 221. The molecule has 3 heteroatoms. The lowest BCUT2D eigenvalue weighted by molar-refractivity contribution is 0.211. The van der Waals surface area contributed by atoms with Crippen LogP contribution in [0.5, 0.6) is 0 Å². The summed E-state index contributed by atoms with van der Waals surface area (Å²) in [4.78, 5) is 2.12. The summed E-state index contributed by atoms with van der Waals surface area (Å²) >= 11 is 0. The van der Waals surface area contributed by atoms with Gasteiger partial charge < -0.3 is 10.6 Å². The van der Waals surface area contributed by atoms with Gasteiger partial charge in [-0.15, -0.1) is 0 Å². The van der Waals surface area contributed by atoms with Crippen LogP contribution in [0.4, 0.5) is 0 Å². The Morgan fingerprint density at radius 1 is 1.57 bits per heavy atom. The van der Waals surface area contributed by atoms with Crippen LogP contribution in [0.1, 0.15) is 26.7 Å². The molecule has 80 valence electrons. The molecule has 14 heavy (non-hydrogen) atoms. The van der Waals surface area contributed by atoms with E-state index in [1.807, 2.05) is 0 Å². The molecule has 0 aliphatic carbocycles. The Labute approximate surface area is 86.5 Å². The van der Waals surface area contributed by atoms with Crippen LogP contribution in [0.15, 0.2) is 12.3 Å². The quantitative estimate of drug-likeness (QED) is 0.521. The van der Waals surface area contributed by atoms with Gasteiger partial charge in [0.05, 0.1) is 0 Å². The van der Waals surface area contributed by atoms with Crippen molar-refractivity contribution in [2.75, 3.05) is 13.1 Å². The summed E-state index contributed by atoms with van der Waals surface area (Å²) in [6, 6.07) is 0. The Balaban J connectivity index is 2.51. The van der Waals surface area contributed by atoms with Crippen molar-refractivity contribution in [1.29, 1.82) is 5.41 Å². The van der Waals surface area contributed by atoms with E-state index in [-0.39, 0.29) is 0 Å². The molecule has 0 bridgehead atoms. The van der Waals surface area contributed by atoms with Crippen LogP contribution in [-0.4, -0.2) is 23.8 Å². The van der Waals surface area contributed by atoms with Crippen LogP contribution in [0, 0.1) is 17.2 Å². The Morgan fingerprint density at radius 2 is 2.29 bits per heavy atom. The minimum absolute atomic E-state index is 0.554. The normalized spacial score (nSPS) is 23.4. The van der Waals surface area contributed by atoms with E-state index in [0.717, 1.165) is 19.0 Å². The first-order valence-electron chi connectivity index (χ1n) is 5.37. The summed E-state index contributed by atoms with van der Waals surface area (Å²) in [6.07, 6.45) is 5.61. The maximum atomic E-state index is 7.77. The average Bonchev–Trinajstić information content (AvgIpc) is 2.18. The van der Waals surface area contributed by atoms with E-state index >= 15 is 0 Å². The number of nitrogens with one attached hydrogen (secondary N) is 1. The molecule has 1 heterocycles. The summed E-state index contributed by atoms with van der Waals surface area (Å²) < 4.78 is 0. The Morgan fingerprint density at radius 3 is 2.86 bits per heavy atom. The Hall–Kier alpha value is -0.990. The first-order valence-corrected chi connectivity index (χ1v) is 5.37. The lowest BCUT2D eigenvalue weighted by Crippen LogP contribution is -2.40. The van der Waals surface area contributed by atoms with Crippen molar-refractivity contribution in [3.05, 3.63) is 12.3 Å². The van der Waals surface area contributed by atoms with Crippen LogP contribution in [0.25, 0.3) is 0 Å². The van der Waals surface area contributed by atoms with Crippen LogP contribution in [0.2, 0.25) is 0 Å². The van der Waals surface area contributed by atoms with Crippen molar-refractivity contribution in [2.24, 2.45) is 17.6 Å². The first kappa shape index (κ1) is 11.1. The third-order valence-corrected chi connectivity index (χ3v) is 3.00. The third kappa shape index (κ3) is 2.76. The third-order valence-electron chi connectivity index (χ3n) is 3.00. The highest BCUT2D eigenvalue weighted by molar-refractivity contribution is 5.90. The van der Waals surface area contributed by atoms with E-state index in [1.165, 1.54) is 19.0 Å². The Kier molecular flexibility index (Phi) is 3.98. The van der Waals surface area contributed by atoms with Gasteiger partial charge in [-0.3, -0.25) is 5.41 Å². The van der Waals surface area contributed by atoms with Crippen LogP contribution in [0.3, 0.4) is 0 Å². The van der Waals surface area contributed by atoms with Gasteiger partial charge in [0.1, 0.15) is 5.84 Å². The van der Waals surface area contributed by atoms with Crippen molar-refractivity contribution in [3.8, 4) is 0 Å². The van der Waals surface area contributed by atoms with Gasteiger partial charge >= 0.3 is 0 Å². The number of nitrogens with two attached hydrogens (primary N) is 1. The second-order valence-corrected chi connectivity index (χ2v) is 4.34. The fourth-order valence-electron chi connectivity index (χ4n) is 1.97. The number of amidine groups is 1. The number of hydrogen-bond acceptors (Lipinski definition) is 2. The van der Waals surface area contributed by atoms with Gasteiger partial charge in [-0.05, 0) is 37.0 Å². The highest BCUT2D eigenvalue weighted by atomic mass is 15.2. The molecule has 0 amide bonds. The highest BCUT2D eigenvalue weighted by Crippen LogP contribution is 2.23. The first-order chi connectivity index (χ1) is 6.65. The van der Waals surface area contributed by atoms with Crippen molar-refractivity contribution >= 4 is 5.84 Å². The SMILES string of the molecule is CC(C)C1CCCN(C(=N)/C=C\N)C1. The molecule has 1 fully saturated rings. The molecule has 0 radical (unpaired) electrons. The monoisotopic (exact) mass is 195 g/mol. The molecule has 1 rings (SSSR count). The van der Waals surface area contributed by atoms with Crippen LogP contribution >= 0.6 is 0 Å². The molecule has 0 saturated carbocycles. The van der Waals surface area contributed by atoms with Gasteiger partial charge in [-0.25, -0.2) is 0 Å². The van der Waals surface area contributed by atoms with Crippen LogP contribution < -0.4 is 5.73 Å². The van der Waals surface area contributed by atoms with E-state index in [0.29, 0.717) is 11.8 Å². The zero-order chi connectivity index (χ0) is 10.6. The molecule has 0 aromatic carbocycles. The molecule has 1 saturated heterocycles. The second kappa shape index (κ2) is 5.03. The summed E-state index contributed by atoms with van der Waals surface area (Å²) in [5.41, 5.74) is 5.28. The number of likely N-dealkylation sites (tertiary alicyclic amines) is 1. The van der Waals surface area contributed by atoms with Gasteiger partial charge in [-0.1, -0.05) is 13.8 Å². The largest absolute Gasteiger partial charge is 0.404 e. The number of rotatable bonds is 2. The lowest BCUT2D eigenvalue weighted by Gasteiger charge is -2.35. The molecule has 1 atom stereocenters. The molecule has 0 aromatic heterocycles. The lowest BCUT2D eigenvalue weighted by atomic mass is 9.88. The molecule has 0 spiro atoms. The molecule has 1 aliphatic rings. The van der Waals surface area contributed by atoms with E-state index in [9.17, 15) is 0 Å². The molecular weight excluding hydrogens is 174 g/mol. The topological polar surface area (TPSA) is 53.1 Å². The van der Waals surface area contributed by atoms with E-state index in [4.69, 9.17) is 11.1 Å². The zero-order valence-electron chi connectivity index (χ0n) is 9.16. The van der Waals surface area contributed by atoms with Crippen LogP contribution in [-0.2, 0) is 0 Å². The van der Waals surface area contributed by atoms with Crippen molar-refractivity contribution in [3.63, 3.8) is 0 Å². The van der Waals surface area contributed by atoms with E-state index < -0.39 is 0 Å². The smallest absolute Gasteiger partial charge is 0.122 e. The summed E-state index contributed by atoms with van der Waals surface area (Å²) in [5, 5.41) is 7.77. The molecule has 0 aromatic rings. The molecule has 3 nitrogen and oxygen atoms in total. The fraction of sp³-hybridized carbons (Fsp3) is 0.727. The summed E-state index contributed by atoms with van der Waals surface area (Å²) in [7, 11) is 0. The highest BCUT2D eigenvalue weighted by Gasteiger charge is 2.22. The van der Waals surface area contributed by atoms with Gasteiger partial charge in [0, 0.05) is 13.1 Å². The molecule has 1 unspecified atom stereocenters. The average molecular weight is 195 g/mol. The molecule has 3 N–H and O–H groups in total. The van der Waals surface area contributed by atoms with Crippen molar-refractivity contribution in [2.45, 2.75) is 26.7 Å². The minimum Gasteiger partial charge on any atom is -0.404 e. The zero-order valence-corrected chi connectivity index (χ0v) is 9.16. The molecular formula is C11H21N3. The predicted octanol–water partition coefficient (Wildman–Crippen LogP) is 1.80.